The lowest BCUT2D eigenvalue weighted by molar-refractivity contribution is 0.153. The van der Waals surface area contributed by atoms with E-state index in [4.69, 9.17) is 0 Å². The van der Waals surface area contributed by atoms with E-state index in [1.54, 1.807) is 18.2 Å². The highest BCUT2D eigenvalue weighted by Crippen LogP contribution is 2.32. The summed E-state index contributed by atoms with van der Waals surface area (Å²) in [6.07, 6.45) is -2.49. The molecule has 1 nitrogen and oxygen atoms in total. The van der Waals surface area contributed by atoms with E-state index in [-0.39, 0.29) is 5.56 Å². The Hall–Kier alpha value is -1.81. The van der Waals surface area contributed by atoms with E-state index in [0.29, 0.717) is 16.6 Å². The number of halogens is 2. The molecule has 3 aromatic rings. The highest BCUT2D eigenvalue weighted by Gasteiger charge is 2.14. The third kappa shape index (κ3) is 1.88. The van der Waals surface area contributed by atoms with Gasteiger partial charge >= 0.3 is 0 Å². The average Bonchev–Trinajstić information content (AvgIpc) is 2.91. The fraction of sp³-hybridized carbons (Fsp3) is 0.0714. The fourth-order valence-corrected chi connectivity index (χ4v) is 2.62. The average molecular weight is 261 g/mol. The van der Waals surface area contributed by atoms with Gasteiger partial charge in [-0.25, -0.2) is 13.8 Å². The standard InChI is InChI=1S/C14H9F2NS/c15-14(16)10-8-12(13-6-3-7-18-13)17-11-5-2-1-4-9(10)11/h1-8,14H. The molecule has 0 unspecified atom stereocenters. The van der Waals surface area contributed by atoms with Crippen LogP contribution in [0.3, 0.4) is 0 Å². The second kappa shape index (κ2) is 4.46. The minimum absolute atomic E-state index is 0.0454. The molecule has 1 aromatic carbocycles. The van der Waals surface area contributed by atoms with E-state index in [1.165, 1.54) is 17.4 Å². The molecule has 0 saturated heterocycles. The quantitative estimate of drug-likeness (QED) is 0.639. The van der Waals surface area contributed by atoms with Crippen molar-refractivity contribution in [1.29, 1.82) is 0 Å². The number of thiophene rings is 1. The summed E-state index contributed by atoms with van der Waals surface area (Å²) in [5.74, 6) is 0. The van der Waals surface area contributed by atoms with Gasteiger partial charge in [0.25, 0.3) is 6.43 Å². The Bertz CT molecular complexity index is 677. The zero-order valence-corrected chi connectivity index (χ0v) is 10.1. The number of fused-ring (bicyclic) bond motifs is 1. The Balaban J connectivity index is 2.30. The van der Waals surface area contributed by atoms with Gasteiger partial charge in [0.05, 0.1) is 16.1 Å². The lowest BCUT2D eigenvalue weighted by atomic mass is 10.1. The van der Waals surface area contributed by atoms with Crippen molar-refractivity contribution in [3.8, 4) is 10.6 Å². The summed E-state index contributed by atoms with van der Waals surface area (Å²) in [6.45, 7) is 0. The molecule has 0 aliphatic rings. The lowest BCUT2D eigenvalue weighted by Gasteiger charge is -2.07. The molecule has 90 valence electrons. The van der Waals surface area contributed by atoms with Gasteiger partial charge in [0.15, 0.2) is 0 Å². The number of pyridine rings is 1. The Morgan fingerprint density at radius 3 is 2.61 bits per heavy atom. The second-order valence-corrected chi connectivity index (χ2v) is 4.84. The van der Waals surface area contributed by atoms with Crippen molar-refractivity contribution in [2.24, 2.45) is 0 Å². The topological polar surface area (TPSA) is 12.9 Å². The summed E-state index contributed by atoms with van der Waals surface area (Å²) < 4.78 is 26.2. The van der Waals surface area contributed by atoms with Crippen LogP contribution in [-0.2, 0) is 0 Å². The normalized spacial score (nSPS) is 11.3. The Morgan fingerprint density at radius 1 is 1.06 bits per heavy atom. The van der Waals surface area contributed by atoms with E-state index >= 15 is 0 Å². The van der Waals surface area contributed by atoms with Crippen LogP contribution in [0.25, 0.3) is 21.5 Å². The van der Waals surface area contributed by atoms with Gasteiger partial charge in [0, 0.05) is 10.9 Å². The maximum atomic E-state index is 13.1. The number of benzene rings is 1. The number of hydrogen-bond acceptors (Lipinski definition) is 2. The van der Waals surface area contributed by atoms with Gasteiger partial charge in [-0.2, -0.15) is 0 Å². The van der Waals surface area contributed by atoms with Crippen LogP contribution in [0.4, 0.5) is 8.78 Å². The van der Waals surface area contributed by atoms with Crippen molar-refractivity contribution in [2.45, 2.75) is 6.43 Å². The van der Waals surface area contributed by atoms with Gasteiger partial charge in [-0.05, 0) is 23.6 Å². The van der Waals surface area contributed by atoms with Crippen molar-refractivity contribution in [1.82, 2.24) is 4.98 Å². The minimum Gasteiger partial charge on any atom is -0.247 e. The third-order valence-corrected chi connectivity index (χ3v) is 3.65. The second-order valence-electron chi connectivity index (χ2n) is 3.89. The SMILES string of the molecule is FC(F)c1cc(-c2cccs2)nc2ccccc12. The summed E-state index contributed by atoms with van der Waals surface area (Å²) in [5, 5.41) is 2.43. The molecule has 3 rings (SSSR count). The van der Waals surface area contributed by atoms with Crippen molar-refractivity contribution in [2.75, 3.05) is 0 Å². The van der Waals surface area contributed by atoms with Crippen LogP contribution < -0.4 is 0 Å². The monoisotopic (exact) mass is 261 g/mol. The molecule has 0 aliphatic heterocycles. The molecule has 0 amide bonds. The minimum atomic E-state index is -2.49. The van der Waals surface area contributed by atoms with Gasteiger partial charge in [-0.15, -0.1) is 11.3 Å². The summed E-state index contributed by atoms with van der Waals surface area (Å²) in [7, 11) is 0. The smallest absolute Gasteiger partial charge is 0.247 e. The van der Waals surface area contributed by atoms with Crippen LogP contribution in [0.1, 0.15) is 12.0 Å². The summed E-state index contributed by atoms with van der Waals surface area (Å²) in [6, 6.07) is 12.3. The first kappa shape index (κ1) is 11.3. The van der Waals surface area contributed by atoms with Crippen LogP contribution >= 0.6 is 11.3 Å². The van der Waals surface area contributed by atoms with Crippen LogP contribution in [0, 0.1) is 0 Å². The van der Waals surface area contributed by atoms with E-state index < -0.39 is 6.43 Å². The Kier molecular flexibility index (Phi) is 2.80. The lowest BCUT2D eigenvalue weighted by Crippen LogP contribution is -1.92. The van der Waals surface area contributed by atoms with Gasteiger partial charge in [0.2, 0.25) is 0 Å². The van der Waals surface area contributed by atoms with E-state index in [9.17, 15) is 8.78 Å². The summed E-state index contributed by atoms with van der Waals surface area (Å²) in [4.78, 5) is 5.34. The van der Waals surface area contributed by atoms with E-state index in [2.05, 4.69) is 4.98 Å². The van der Waals surface area contributed by atoms with Gasteiger partial charge in [-0.3, -0.25) is 0 Å². The molecule has 0 atom stereocenters. The number of para-hydroxylation sites is 1. The van der Waals surface area contributed by atoms with Crippen molar-refractivity contribution in [3.63, 3.8) is 0 Å². The Morgan fingerprint density at radius 2 is 1.89 bits per heavy atom. The molecule has 0 aliphatic carbocycles. The van der Waals surface area contributed by atoms with Crippen LogP contribution in [0.15, 0.2) is 47.8 Å². The predicted octanol–water partition coefficient (Wildman–Crippen LogP) is 4.90. The molecular weight excluding hydrogens is 252 g/mol. The largest absolute Gasteiger partial charge is 0.264 e. The fourth-order valence-electron chi connectivity index (χ4n) is 1.93. The maximum absolute atomic E-state index is 13.1. The van der Waals surface area contributed by atoms with Crippen LogP contribution in [-0.4, -0.2) is 4.98 Å². The van der Waals surface area contributed by atoms with Gasteiger partial charge in [-0.1, -0.05) is 24.3 Å². The Labute approximate surface area is 107 Å². The van der Waals surface area contributed by atoms with Crippen molar-refractivity contribution >= 4 is 22.2 Å². The van der Waals surface area contributed by atoms with Crippen LogP contribution in [0.2, 0.25) is 0 Å². The molecule has 0 saturated carbocycles. The molecular formula is C14H9F2NS. The van der Waals surface area contributed by atoms with Crippen molar-refractivity contribution < 1.29 is 8.78 Å². The predicted molar refractivity (Wildman–Crippen MR) is 70.0 cm³/mol. The van der Waals surface area contributed by atoms with Crippen molar-refractivity contribution in [3.05, 3.63) is 53.4 Å². The van der Waals surface area contributed by atoms with E-state index in [0.717, 1.165) is 4.88 Å². The number of nitrogens with zero attached hydrogens (tertiary/aromatic N) is 1. The molecule has 0 spiro atoms. The number of rotatable bonds is 2. The first-order valence-corrected chi connectivity index (χ1v) is 6.35. The molecule has 0 radical (unpaired) electrons. The number of aromatic nitrogens is 1. The molecule has 4 heteroatoms. The molecule has 2 aromatic heterocycles. The maximum Gasteiger partial charge on any atom is 0.264 e. The highest BCUT2D eigenvalue weighted by molar-refractivity contribution is 7.13. The molecule has 0 fully saturated rings. The molecule has 0 N–H and O–H groups in total. The molecule has 2 heterocycles. The molecule has 18 heavy (non-hydrogen) atoms. The first-order chi connectivity index (χ1) is 8.75. The van der Waals surface area contributed by atoms with Crippen LogP contribution in [0.5, 0.6) is 0 Å². The summed E-state index contributed by atoms with van der Waals surface area (Å²) in [5.41, 5.74) is 1.27. The number of hydrogen-bond donors (Lipinski definition) is 0. The molecule has 0 bridgehead atoms. The third-order valence-electron chi connectivity index (χ3n) is 2.76. The van der Waals surface area contributed by atoms with E-state index in [1.807, 2.05) is 23.6 Å². The van der Waals surface area contributed by atoms with Gasteiger partial charge < -0.3 is 0 Å². The zero-order valence-electron chi connectivity index (χ0n) is 9.31. The first-order valence-electron chi connectivity index (χ1n) is 5.47. The highest BCUT2D eigenvalue weighted by atomic mass is 32.1. The summed E-state index contributed by atoms with van der Waals surface area (Å²) >= 11 is 1.50. The number of alkyl halides is 2. The van der Waals surface area contributed by atoms with Gasteiger partial charge in [0.1, 0.15) is 0 Å². The zero-order chi connectivity index (χ0) is 12.5.